The maximum absolute atomic E-state index is 11.7. The second-order valence-corrected chi connectivity index (χ2v) is 5.53. The van der Waals surface area contributed by atoms with Gasteiger partial charge in [0.1, 0.15) is 6.61 Å². The summed E-state index contributed by atoms with van der Waals surface area (Å²) in [5.41, 5.74) is 6.47. The first-order valence-corrected chi connectivity index (χ1v) is 7.57. The molecule has 0 heterocycles. The number of hydrogen-bond acceptors (Lipinski definition) is 4. The minimum Gasteiger partial charge on any atom is -0.479 e. The van der Waals surface area contributed by atoms with Gasteiger partial charge in [-0.25, -0.2) is 9.59 Å². The van der Waals surface area contributed by atoms with Crippen LogP contribution in [0.3, 0.4) is 0 Å². The highest BCUT2D eigenvalue weighted by atomic mass is 16.7. The van der Waals surface area contributed by atoms with E-state index >= 15 is 0 Å². The van der Waals surface area contributed by atoms with Gasteiger partial charge in [-0.2, -0.15) is 5.48 Å². The van der Waals surface area contributed by atoms with E-state index in [9.17, 15) is 9.59 Å². The normalized spacial score (nSPS) is 13.7. The van der Waals surface area contributed by atoms with E-state index < -0.39 is 18.2 Å². The monoisotopic (exact) mass is 327 g/mol. The second kappa shape index (κ2) is 6.72. The molecule has 124 valence electrons. The number of benzene rings is 2. The smallest absolute Gasteiger partial charge is 0.431 e. The lowest BCUT2D eigenvalue weighted by Gasteiger charge is -2.15. The Morgan fingerprint density at radius 2 is 1.62 bits per heavy atom. The Kier molecular flexibility index (Phi) is 4.48. The summed E-state index contributed by atoms with van der Waals surface area (Å²) < 4.78 is 5.20. The van der Waals surface area contributed by atoms with Gasteiger partial charge >= 0.3 is 12.1 Å². The number of ether oxygens (including phenoxy) is 1. The van der Waals surface area contributed by atoms with E-state index in [0.29, 0.717) is 0 Å². The van der Waals surface area contributed by atoms with Gasteiger partial charge in [-0.15, -0.1) is 0 Å². The van der Waals surface area contributed by atoms with Gasteiger partial charge in [-0.3, -0.25) is 4.84 Å². The van der Waals surface area contributed by atoms with Crippen molar-refractivity contribution in [1.82, 2.24) is 5.48 Å². The van der Waals surface area contributed by atoms with Crippen LogP contribution >= 0.6 is 0 Å². The topological polar surface area (TPSA) is 84.9 Å². The summed E-state index contributed by atoms with van der Waals surface area (Å²) in [7, 11) is 0. The molecule has 24 heavy (non-hydrogen) atoms. The maximum Gasteiger partial charge on any atom is 0.431 e. The quantitative estimate of drug-likeness (QED) is 0.825. The minimum absolute atomic E-state index is 0.0555. The third kappa shape index (κ3) is 3.09. The average molecular weight is 327 g/mol. The van der Waals surface area contributed by atoms with Crippen LogP contribution in [0.2, 0.25) is 0 Å². The molecule has 0 fully saturated rings. The zero-order chi connectivity index (χ0) is 17.1. The number of aliphatic carboxylic acids is 1. The zero-order valence-electron chi connectivity index (χ0n) is 13.1. The summed E-state index contributed by atoms with van der Waals surface area (Å²) in [4.78, 5) is 27.0. The van der Waals surface area contributed by atoms with Crippen molar-refractivity contribution in [2.45, 2.75) is 18.9 Å². The lowest BCUT2D eigenvalue weighted by Crippen LogP contribution is -2.33. The van der Waals surface area contributed by atoms with Crippen LogP contribution in [-0.2, 0) is 14.4 Å². The third-order valence-electron chi connectivity index (χ3n) is 4.01. The zero-order valence-corrected chi connectivity index (χ0v) is 13.1. The molecule has 0 unspecified atom stereocenters. The highest BCUT2D eigenvalue weighted by molar-refractivity contribution is 5.79. The number of carboxylic acid groups (broad SMARTS) is 1. The molecule has 2 aromatic rings. The summed E-state index contributed by atoms with van der Waals surface area (Å²) in [5, 5.41) is 8.70. The molecule has 1 atom stereocenters. The Labute approximate surface area is 139 Å². The summed E-state index contributed by atoms with van der Waals surface area (Å²) in [6.45, 7) is 1.46. The lowest BCUT2D eigenvalue weighted by atomic mass is 9.98. The van der Waals surface area contributed by atoms with E-state index in [2.05, 4.69) is 0 Å². The van der Waals surface area contributed by atoms with Crippen molar-refractivity contribution in [3.05, 3.63) is 59.7 Å². The lowest BCUT2D eigenvalue weighted by molar-refractivity contribution is -0.152. The van der Waals surface area contributed by atoms with Crippen LogP contribution in [-0.4, -0.2) is 29.9 Å². The van der Waals surface area contributed by atoms with Crippen molar-refractivity contribution in [3.63, 3.8) is 0 Å². The first-order chi connectivity index (χ1) is 11.6. The van der Waals surface area contributed by atoms with Crippen molar-refractivity contribution in [2.24, 2.45) is 0 Å². The van der Waals surface area contributed by atoms with Gasteiger partial charge in [-0.1, -0.05) is 48.5 Å². The van der Waals surface area contributed by atoms with Gasteiger partial charge in [0.25, 0.3) is 0 Å². The Hall–Kier alpha value is -2.86. The van der Waals surface area contributed by atoms with Gasteiger partial charge in [0.15, 0.2) is 6.10 Å². The highest BCUT2D eigenvalue weighted by Gasteiger charge is 2.29. The van der Waals surface area contributed by atoms with Crippen molar-refractivity contribution in [1.29, 1.82) is 0 Å². The van der Waals surface area contributed by atoms with Gasteiger partial charge < -0.3 is 9.84 Å². The van der Waals surface area contributed by atoms with Gasteiger partial charge in [0.05, 0.1) is 0 Å². The fraction of sp³-hybridized carbons (Fsp3) is 0.222. The van der Waals surface area contributed by atoms with Crippen molar-refractivity contribution in [3.8, 4) is 11.1 Å². The predicted octanol–water partition coefficient (Wildman–Crippen LogP) is 2.93. The summed E-state index contributed by atoms with van der Waals surface area (Å²) in [6, 6.07) is 16.0. The molecule has 3 rings (SSSR count). The van der Waals surface area contributed by atoms with E-state index in [1.165, 1.54) is 6.92 Å². The number of nitrogens with one attached hydrogen (secondary N) is 1. The molecule has 0 bridgehead atoms. The van der Waals surface area contributed by atoms with Crippen LogP contribution in [0.1, 0.15) is 24.0 Å². The number of amides is 1. The van der Waals surface area contributed by atoms with Crippen molar-refractivity contribution < 1.29 is 24.3 Å². The molecular formula is C18H17NO5. The number of fused-ring (bicyclic) bond motifs is 3. The molecular weight excluding hydrogens is 310 g/mol. The van der Waals surface area contributed by atoms with Crippen LogP contribution in [0.4, 0.5) is 4.79 Å². The SMILES string of the molecule is C[C@H](ONC(=O)OCC1c2ccccc2-c2ccccc21)C(=O)O. The van der Waals surface area contributed by atoms with E-state index in [1.807, 2.05) is 54.0 Å². The van der Waals surface area contributed by atoms with Crippen molar-refractivity contribution in [2.75, 3.05) is 6.61 Å². The Balaban J connectivity index is 1.67. The third-order valence-corrected chi connectivity index (χ3v) is 4.01. The largest absolute Gasteiger partial charge is 0.479 e. The number of hydrogen-bond donors (Lipinski definition) is 2. The van der Waals surface area contributed by atoms with E-state index in [0.717, 1.165) is 22.3 Å². The van der Waals surface area contributed by atoms with E-state index in [4.69, 9.17) is 14.7 Å². The first-order valence-electron chi connectivity index (χ1n) is 7.57. The van der Waals surface area contributed by atoms with E-state index in [-0.39, 0.29) is 12.5 Å². The van der Waals surface area contributed by atoms with Crippen LogP contribution in [0.25, 0.3) is 11.1 Å². The van der Waals surface area contributed by atoms with Crippen LogP contribution in [0, 0.1) is 0 Å². The van der Waals surface area contributed by atoms with Crippen LogP contribution in [0.15, 0.2) is 48.5 Å². The molecule has 0 saturated carbocycles. The summed E-state index contributed by atoms with van der Waals surface area (Å²) >= 11 is 0. The molecule has 2 aromatic carbocycles. The van der Waals surface area contributed by atoms with Gasteiger partial charge in [-0.05, 0) is 29.2 Å². The Morgan fingerprint density at radius 1 is 1.08 bits per heavy atom. The molecule has 0 aliphatic heterocycles. The van der Waals surface area contributed by atoms with Crippen molar-refractivity contribution >= 4 is 12.1 Å². The van der Waals surface area contributed by atoms with Gasteiger partial charge in [0.2, 0.25) is 0 Å². The number of carbonyl (C=O) groups is 2. The fourth-order valence-corrected chi connectivity index (χ4v) is 2.81. The standard InChI is InChI=1S/C18H17NO5/c1-11(17(20)21)24-19-18(22)23-10-16-14-8-4-2-6-12(14)13-7-3-5-9-15(13)16/h2-9,11,16H,10H2,1H3,(H,19,22)(H,20,21)/t11-/m0/s1. The van der Waals surface area contributed by atoms with Gasteiger partial charge in [0, 0.05) is 5.92 Å². The molecule has 6 heteroatoms. The number of carboxylic acids is 1. The molecule has 2 N–H and O–H groups in total. The molecule has 0 radical (unpaired) electrons. The molecule has 0 spiro atoms. The molecule has 1 aliphatic rings. The average Bonchev–Trinajstić information content (AvgIpc) is 2.92. The minimum atomic E-state index is -1.17. The molecule has 6 nitrogen and oxygen atoms in total. The second-order valence-electron chi connectivity index (χ2n) is 5.53. The molecule has 0 aromatic heterocycles. The molecule has 0 saturated heterocycles. The fourth-order valence-electron chi connectivity index (χ4n) is 2.81. The Morgan fingerprint density at radius 3 is 2.17 bits per heavy atom. The summed E-state index contributed by atoms with van der Waals surface area (Å²) in [6.07, 6.45) is -1.96. The molecule has 1 amide bonds. The van der Waals surface area contributed by atoms with Crippen LogP contribution in [0.5, 0.6) is 0 Å². The molecule has 1 aliphatic carbocycles. The number of carbonyl (C=O) groups excluding carboxylic acids is 1. The Bertz CT molecular complexity index is 728. The number of hydroxylamine groups is 1. The predicted molar refractivity (Wildman–Crippen MR) is 86.4 cm³/mol. The maximum atomic E-state index is 11.7. The van der Waals surface area contributed by atoms with E-state index in [1.54, 1.807) is 0 Å². The number of rotatable bonds is 5. The highest BCUT2D eigenvalue weighted by Crippen LogP contribution is 2.44. The van der Waals surface area contributed by atoms with Crippen LogP contribution < -0.4 is 5.48 Å². The first kappa shape index (κ1) is 16.0. The summed E-state index contributed by atoms with van der Waals surface area (Å²) in [5.74, 6) is -1.23.